The predicted molar refractivity (Wildman–Crippen MR) is 142 cm³/mol. The minimum absolute atomic E-state index is 0.123. The number of fused-ring (bicyclic) bond motifs is 1. The zero-order valence-electron chi connectivity index (χ0n) is 20.2. The third-order valence-corrected chi connectivity index (χ3v) is 8.04. The molecule has 0 radical (unpaired) electrons. The van der Waals surface area contributed by atoms with E-state index in [0.717, 1.165) is 49.3 Å². The number of rotatable bonds is 13. The van der Waals surface area contributed by atoms with Gasteiger partial charge in [-0.2, -0.15) is 0 Å². The molecule has 0 atom stereocenters. The van der Waals surface area contributed by atoms with Crippen molar-refractivity contribution in [3.05, 3.63) is 63.3 Å². The largest absolute Gasteiger partial charge is 0.506 e. The Labute approximate surface area is 210 Å². The molecule has 0 saturated heterocycles. The fourth-order valence-electron chi connectivity index (χ4n) is 5.09. The molecule has 2 aromatic carbocycles. The lowest BCUT2D eigenvalue weighted by atomic mass is 10.1. The molecule has 4 N–H and O–H groups in total. The van der Waals surface area contributed by atoms with Gasteiger partial charge in [0.1, 0.15) is 11.3 Å². The maximum atomic E-state index is 11.9. The van der Waals surface area contributed by atoms with E-state index in [4.69, 9.17) is 5.73 Å². The molecule has 1 aliphatic carbocycles. The summed E-state index contributed by atoms with van der Waals surface area (Å²) in [6.45, 7) is 4.29. The molecule has 188 valence electrons. The Morgan fingerprint density at radius 2 is 1.77 bits per heavy atom. The van der Waals surface area contributed by atoms with Gasteiger partial charge in [-0.1, -0.05) is 60.6 Å². The third kappa shape index (κ3) is 7.16. The molecular weight excluding hydrogens is 460 g/mol. The molecule has 1 aromatic heterocycles. The number of carbonyl (C=O) groups is 1. The van der Waals surface area contributed by atoms with E-state index < -0.39 is 0 Å². The van der Waals surface area contributed by atoms with E-state index in [1.54, 1.807) is 6.07 Å². The van der Waals surface area contributed by atoms with Crippen molar-refractivity contribution in [1.29, 1.82) is 0 Å². The SMILES string of the molecule is NC(=O)CCN(CCc1ccccc1)CCN(CCc1ccc(O)c2[nH]c(=O)sc12)C1CCCC1. The van der Waals surface area contributed by atoms with Crippen LogP contribution >= 0.6 is 11.3 Å². The van der Waals surface area contributed by atoms with E-state index in [9.17, 15) is 14.7 Å². The van der Waals surface area contributed by atoms with Crippen LogP contribution in [0.15, 0.2) is 47.3 Å². The van der Waals surface area contributed by atoms with Gasteiger partial charge in [0.15, 0.2) is 0 Å². The first-order chi connectivity index (χ1) is 17.0. The van der Waals surface area contributed by atoms with Crippen molar-refractivity contribution < 1.29 is 9.90 Å². The van der Waals surface area contributed by atoms with Gasteiger partial charge in [0.25, 0.3) is 0 Å². The Morgan fingerprint density at radius 1 is 1.00 bits per heavy atom. The zero-order valence-corrected chi connectivity index (χ0v) is 21.1. The van der Waals surface area contributed by atoms with Crippen LogP contribution in [-0.2, 0) is 17.6 Å². The summed E-state index contributed by atoms with van der Waals surface area (Å²) in [6.07, 6.45) is 7.11. The summed E-state index contributed by atoms with van der Waals surface area (Å²) in [5.74, 6) is -0.137. The minimum Gasteiger partial charge on any atom is -0.506 e. The first-order valence-corrected chi connectivity index (χ1v) is 13.4. The molecule has 1 amide bonds. The number of aromatic amines is 1. The van der Waals surface area contributed by atoms with Crippen molar-refractivity contribution in [1.82, 2.24) is 14.8 Å². The number of aromatic hydroxyl groups is 1. The highest BCUT2D eigenvalue weighted by Gasteiger charge is 2.23. The number of benzene rings is 2. The fourth-order valence-corrected chi connectivity index (χ4v) is 5.98. The summed E-state index contributed by atoms with van der Waals surface area (Å²) in [4.78, 5) is 30.9. The zero-order chi connectivity index (χ0) is 24.6. The number of carbonyl (C=O) groups excluding carboxylic acids is 1. The normalized spacial score (nSPS) is 14.5. The average Bonchev–Trinajstić information content (AvgIpc) is 3.52. The maximum absolute atomic E-state index is 11.9. The molecule has 3 aromatic rings. The number of thiazole rings is 1. The van der Waals surface area contributed by atoms with E-state index in [2.05, 4.69) is 39.0 Å². The Morgan fingerprint density at radius 3 is 2.51 bits per heavy atom. The molecule has 0 spiro atoms. The summed E-state index contributed by atoms with van der Waals surface area (Å²) in [7, 11) is 0. The Balaban J connectivity index is 1.41. The number of H-pyrrole nitrogens is 1. The fraction of sp³-hybridized carbons (Fsp3) is 0.481. The molecule has 1 aliphatic rings. The molecular formula is C27H36N4O3S. The van der Waals surface area contributed by atoms with Crippen molar-refractivity contribution in [2.45, 2.75) is 51.0 Å². The van der Waals surface area contributed by atoms with Gasteiger partial charge in [-0.25, -0.2) is 0 Å². The Bertz CT molecular complexity index is 1150. The number of phenols is 1. The van der Waals surface area contributed by atoms with Gasteiger partial charge in [0.2, 0.25) is 5.91 Å². The molecule has 1 fully saturated rings. The van der Waals surface area contributed by atoms with E-state index >= 15 is 0 Å². The highest BCUT2D eigenvalue weighted by molar-refractivity contribution is 7.16. The van der Waals surface area contributed by atoms with E-state index in [1.165, 1.54) is 42.6 Å². The number of amides is 1. The van der Waals surface area contributed by atoms with Crippen LogP contribution < -0.4 is 10.6 Å². The first-order valence-electron chi connectivity index (χ1n) is 12.6. The van der Waals surface area contributed by atoms with Crippen LogP contribution in [0, 0.1) is 0 Å². The van der Waals surface area contributed by atoms with Crippen LogP contribution in [-0.4, -0.2) is 64.6 Å². The predicted octanol–water partition coefficient (Wildman–Crippen LogP) is 3.50. The van der Waals surface area contributed by atoms with E-state index in [0.29, 0.717) is 24.5 Å². The molecule has 0 bridgehead atoms. The number of aromatic nitrogens is 1. The molecule has 35 heavy (non-hydrogen) atoms. The quantitative estimate of drug-likeness (QED) is 0.336. The summed E-state index contributed by atoms with van der Waals surface area (Å²) in [6, 6.07) is 14.6. The van der Waals surface area contributed by atoms with Crippen LogP contribution in [0.5, 0.6) is 5.75 Å². The highest BCUT2D eigenvalue weighted by atomic mass is 32.1. The van der Waals surface area contributed by atoms with E-state index in [1.807, 2.05) is 12.1 Å². The Hall–Kier alpha value is -2.68. The van der Waals surface area contributed by atoms with Crippen LogP contribution in [0.25, 0.3) is 10.2 Å². The summed E-state index contributed by atoms with van der Waals surface area (Å²) in [5, 5.41) is 10.1. The van der Waals surface area contributed by atoms with Gasteiger partial charge in [-0.3, -0.25) is 14.5 Å². The van der Waals surface area contributed by atoms with Gasteiger partial charge in [0, 0.05) is 45.2 Å². The monoisotopic (exact) mass is 496 g/mol. The highest BCUT2D eigenvalue weighted by Crippen LogP contribution is 2.29. The number of nitrogens with zero attached hydrogens (tertiary/aromatic N) is 2. The van der Waals surface area contributed by atoms with Gasteiger partial charge in [0.05, 0.1) is 4.70 Å². The second kappa shape index (κ2) is 12.3. The average molecular weight is 497 g/mol. The molecule has 7 nitrogen and oxygen atoms in total. The van der Waals surface area contributed by atoms with Crippen LogP contribution in [0.1, 0.15) is 43.2 Å². The molecule has 0 unspecified atom stereocenters. The smallest absolute Gasteiger partial charge is 0.305 e. The summed E-state index contributed by atoms with van der Waals surface area (Å²) < 4.78 is 0.854. The van der Waals surface area contributed by atoms with Crippen LogP contribution in [0.3, 0.4) is 0 Å². The summed E-state index contributed by atoms with van der Waals surface area (Å²) >= 11 is 1.17. The Kier molecular flexibility index (Phi) is 8.95. The van der Waals surface area contributed by atoms with Gasteiger partial charge < -0.3 is 20.7 Å². The van der Waals surface area contributed by atoms with Crippen LogP contribution in [0.4, 0.5) is 0 Å². The van der Waals surface area contributed by atoms with Crippen molar-refractivity contribution >= 4 is 27.5 Å². The first kappa shape index (κ1) is 25.4. The number of nitrogens with two attached hydrogens (primary N) is 1. The van der Waals surface area contributed by atoms with Crippen molar-refractivity contribution in [3.8, 4) is 5.75 Å². The number of nitrogens with one attached hydrogen (secondary N) is 1. The summed E-state index contributed by atoms with van der Waals surface area (Å²) in [5.41, 5.74) is 8.39. The minimum atomic E-state index is -0.260. The molecule has 8 heteroatoms. The van der Waals surface area contributed by atoms with Crippen molar-refractivity contribution in [2.75, 3.05) is 32.7 Å². The van der Waals surface area contributed by atoms with Crippen molar-refractivity contribution in [2.24, 2.45) is 5.73 Å². The van der Waals surface area contributed by atoms with Gasteiger partial charge >= 0.3 is 4.87 Å². The standard InChI is InChI=1S/C27H36N4O3S/c28-24(33)14-16-30(15-12-20-6-2-1-3-7-20)18-19-31(22-8-4-5-9-22)17-13-21-10-11-23(32)25-26(21)35-27(34)29-25/h1-3,6-7,10-11,22,32H,4-5,8-9,12-19H2,(H2,28,33)(H,29,34). The lowest BCUT2D eigenvalue weighted by Crippen LogP contribution is -2.42. The molecule has 1 saturated carbocycles. The molecule has 4 rings (SSSR count). The van der Waals surface area contributed by atoms with E-state index in [-0.39, 0.29) is 16.5 Å². The second-order valence-electron chi connectivity index (χ2n) is 9.48. The molecule has 1 heterocycles. The lowest BCUT2D eigenvalue weighted by Gasteiger charge is -2.32. The molecule has 0 aliphatic heterocycles. The third-order valence-electron chi connectivity index (χ3n) is 7.09. The second-order valence-corrected chi connectivity index (χ2v) is 10.5. The lowest BCUT2D eigenvalue weighted by molar-refractivity contribution is -0.118. The van der Waals surface area contributed by atoms with Crippen LogP contribution in [0.2, 0.25) is 0 Å². The number of hydrogen-bond donors (Lipinski definition) is 3. The van der Waals surface area contributed by atoms with Gasteiger partial charge in [-0.05, 0) is 42.9 Å². The number of primary amides is 1. The maximum Gasteiger partial charge on any atom is 0.305 e. The number of hydrogen-bond acceptors (Lipinski definition) is 6. The van der Waals surface area contributed by atoms with Gasteiger partial charge in [-0.15, -0.1) is 0 Å². The topological polar surface area (TPSA) is 103 Å². The number of phenolic OH excluding ortho intramolecular Hbond substituents is 1. The van der Waals surface area contributed by atoms with Crippen molar-refractivity contribution in [3.63, 3.8) is 0 Å².